The fourth-order valence-electron chi connectivity index (χ4n) is 1.83. The van der Waals surface area contributed by atoms with Gasteiger partial charge in [-0.3, -0.25) is 4.57 Å². The highest BCUT2D eigenvalue weighted by Crippen LogP contribution is 2.19. The van der Waals surface area contributed by atoms with E-state index in [4.69, 9.17) is 10.5 Å². The van der Waals surface area contributed by atoms with Gasteiger partial charge >= 0.3 is 0 Å². The molecule has 8 nitrogen and oxygen atoms in total. The molecule has 0 spiro atoms. The summed E-state index contributed by atoms with van der Waals surface area (Å²) in [6.45, 7) is 0.854. The van der Waals surface area contributed by atoms with Gasteiger partial charge in [-0.2, -0.15) is 4.98 Å². The SMILES string of the molecule is COc1ccc2nc(N)n(CCCNS(C)(=O)=O)c2n1. The van der Waals surface area contributed by atoms with E-state index >= 15 is 0 Å². The lowest BCUT2D eigenvalue weighted by Crippen LogP contribution is -2.24. The van der Waals surface area contributed by atoms with Gasteiger partial charge in [-0.1, -0.05) is 0 Å². The molecule has 0 atom stereocenters. The number of nitrogen functional groups attached to an aromatic ring is 1. The van der Waals surface area contributed by atoms with Crippen LogP contribution in [0.1, 0.15) is 6.42 Å². The van der Waals surface area contributed by atoms with Gasteiger partial charge in [-0.25, -0.2) is 18.1 Å². The molecular weight excluding hydrogens is 282 g/mol. The Morgan fingerprint density at radius 2 is 2.15 bits per heavy atom. The number of nitrogens with one attached hydrogen (secondary N) is 1. The van der Waals surface area contributed by atoms with Gasteiger partial charge in [0.1, 0.15) is 5.52 Å². The topological polar surface area (TPSA) is 112 Å². The summed E-state index contributed by atoms with van der Waals surface area (Å²) in [7, 11) is -1.63. The van der Waals surface area contributed by atoms with Crippen molar-refractivity contribution in [3.8, 4) is 5.88 Å². The van der Waals surface area contributed by atoms with Gasteiger partial charge in [0, 0.05) is 19.2 Å². The molecule has 0 radical (unpaired) electrons. The molecule has 0 aliphatic carbocycles. The Morgan fingerprint density at radius 3 is 2.80 bits per heavy atom. The summed E-state index contributed by atoms with van der Waals surface area (Å²) < 4.78 is 31.2. The number of nitrogens with zero attached hydrogens (tertiary/aromatic N) is 3. The maximum absolute atomic E-state index is 11.0. The van der Waals surface area contributed by atoms with Gasteiger partial charge in [-0.05, 0) is 12.5 Å². The van der Waals surface area contributed by atoms with Crippen LogP contribution >= 0.6 is 0 Å². The summed E-state index contributed by atoms with van der Waals surface area (Å²) in [5.74, 6) is 0.827. The first-order chi connectivity index (χ1) is 9.40. The van der Waals surface area contributed by atoms with E-state index in [0.717, 1.165) is 6.26 Å². The number of aryl methyl sites for hydroxylation is 1. The molecule has 9 heteroatoms. The number of hydrogen-bond acceptors (Lipinski definition) is 6. The maximum atomic E-state index is 11.0. The number of fused-ring (bicyclic) bond motifs is 1. The molecule has 3 N–H and O–H groups in total. The monoisotopic (exact) mass is 299 g/mol. The second-order valence-electron chi connectivity index (χ2n) is 4.34. The summed E-state index contributed by atoms with van der Waals surface area (Å²) in [5.41, 5.74) is 7.15. The molecule has 0 aliphatic heterocycles. The second-order valence-corrected chi connectivity index (χ2v) is 6.17. The largest absolute Gasteiger partial charge is 0.481 e. The van der Waals surface area contributed by atoms with Crippen molar-refractivity contribution in [2.24, 2.45) is 0 Å². The predicted octanol–water partition coefficient (Wildman–Crippen LogP) is -0.0386. The number of anilines is 1. The molecule has 0 unspecified atom stereocenters. The van der Waals surface area contributed by atoms with Gasteiger partial charge in [0.05, 0.1) is 13.4 Å². The number of ether oxygens (including phenoxy) is 1. The van der Waals surface area contributed by atoms with Crippen molar-refractivity contribution >= 4 is 27.1 Å². The number of pyridine rings is 1. The van der Waals surface area contributed by atoms with Crippen molar-refractivity contribution in [3.63, 3.8) is 0 Å². The van der Waals surface area contributed by atoms with Crippen LogP contribution in [-0.2, 0) is 16.6 Å². The van der Waals surface area contributed by atoms with Crippen LogP contribution in [-0.4, -0.2) is 42.9 Å². The van der Waals surface area contributed by atoms with Crippen LogP contribution < -0.4 is 15.2 Å². The number of rotatable bonds is 6. The minimum Gasteiger partial charge on any atom is -0.481 e. The van der Waals surface area contributed by atoms with E-state index < -0.39 is 10.0 Å². The Kier molecular flexibility index (Phi) is 4.09. The van der Waals surface area contributed by atoms with Crippen molar-refractivity contribution in [2.45, 2.75) is 13.0 Å². The van der Waals surface area contributed by atoms with Crippen LogP contribution in [0.5, 0.6) is 5.88 Å². The molecule has 0 aliphatic rings. The Morgan fingerprint density at radius 1 is 1.40 bits per heavy atom. The minimum absolute atomic E-state index is 0.335. The zero-order valence-corrected chi connectivity index (χ0v) is 12.1. The molecule has 110 valence electrons. The van der Waals surface area contributed by atoms with Gasteiger partial charge in [-0.15, -0.1) is 0 Å². The molecule has 0 fully saturated rings. The van der Waals surface area contributed by atoms with E-state index in [9.17, 15) is 8.42 Å². The van der Waals surface area contributed by atoms with Gasteiger partial charge < -0.3 is 10.5 Å². The number of hydrogen-bond donors (Lipinski definition) is 2. The van der Waals surface area contributed by atoms with E-state index in [2.05, 4.69) is 14.7 Å². The van der Waals surface area contributed by atoms with Crippen LogP contribution in [0.15, 0.2) is 12.1 Å². The van der Waals surface area contributed by atoms with E-state index in [1.807, 2.05) is 0 Å². The van der Waals surface area contributed by atoms with Crippen LogP contribution in [0.25, 0.3) is 11.2 Å². The lowest BCUT2D eigenvalue weighted by molar-refractivity contribution is 0.399. The summed E-state index contributed by atoms with van der Waals surface area (Å²) in [6.07, 6.45) is 1.71. The Bertz CT molecular complexity index is 710. The summed E-state index contributed by atoms with van der Waals surface area (Å²) >= 11 is 0. The minimum atomic E-state index is -3.17. The number of methoxy groups -OCH3 is 1. The van der Waals surface area contributed by atoms with Crippen LogP contribution in [0, 0.1) is 0 Å². The van der Waals surface area contributed by atoms with E-state index in [1.54, 1.807) is 16.7 Å². The lowest BCUT2D eigenvalue weighted by atomic mass is 10.4. The number of aromatic nitrogens is 3. The molecule has 20 heavy (non-hydrogen) atoms. The first-order valence-corrected chi connectivity index (χ1v) is 7.91. The lowest BCUT2D eigenvalue weighted by Gasteiger charge is -2.06. The fourth-order valence-corrected chi connectivity index (χ4v) is 2.35. The Labute approximate surface area is 117 Å². The molecule has 2 rings (SSSR count). The highest BCUT2D eigenvalue weighted by molar-refractivity contribution is 7.88. The summed E-state index contributed by atoms with van der Waals surface area (Å²) in [4.78, 5) is 8.50. The zero-order valence-electron chi connectivity index (χ0n) is 11.3. The van der Waals surface area contributed by atoms with E-state index in [-0.39, 0.29) is 0 Å². The van der Waals surface area contributed by atoms with Crippen LogP contribution in [0.3, 0.4) is 0 Å². The quantitative estimate of drug-likeness (QED) is 0.724. The third-order valence-electron chi connectivity index (χ3n) is 2.73. The average Bonchev–Trinajstić information content (AvgIpc) is 2.68. The van der Waals surface area contributed by atoms with E-state index in [1.165, 1.54) is 7.11 Å². The third kappa shape index (κ3) is 3.36. The first kappa shape index (κ1) is 14.5. The molecule has 0 amide bonds. The standard InChI is InChI=1S/C11H17N5O3S/c1-19-9-5-4-8-10(15-9)16(11(12)14-8)7-3-6-13-20(2,17)18/h4-5,13H,3,6-7H2,1-2H3,(H2,12,14). The van der Waals surface area contributed by atoms with Crippen molar-refractivity contribution in [1.82, 2.24) is 19.3 Å². The summed E-state index contributed by atoms with van der Waals surface area (Å²) in [6, 6.07) is 3.49. The molecule has 0 saturated carbocycles. The first-order valence-electron chi connectivity index (χ1n) is 6.02. The highest BCUT2D eigenvalue weighted by Gasteiger charge is 2.10. The smallest absolute Gasteiger partial charge is 0.215 e. The van der Waals surface area contributed by atoms with Crippen LogP contribution in [0.2, 0.25) is 0 Å². The normalized spacial score (nSPS) is 11.9. The van der Waals surface area contributed by atoms with Gasteiger partial charge in [0.2, 0.25) is 21.9 Å². The van der Waals surface area contributed by atoms with Crippen molar-refractivity contribution < 1.29 is 13.2 Å². The zero-order chi connectivity index (χ0) is 14.8. The predicted molar refractivity (Wildman–Crippen MR) is 76.0 cm³/mol. The summed E-state index contributed by atoms with van der Waals surface area (Å²) in [5, 5.41) is 0. The molecule has 0 aromatic carbocycles. The van der Waals surface area contributed by atoms with Gasteiger partial charge in [0.15, 0.2) is 5.65 Å². The maximum Gasteiger partial charge on any atom is 0.215 e. The van der Waals surface area contributed by atoms with Crippen LogP contribution in [0.4, 0.5) is 5.95 Å². The molecule has 2 heterocycles. The highest BCUT2D eigenvalue weighted by atomic mass is 32.2. The third-order valence-corrected chi connectivity index (χ3v) is 3.46. The second kappa shape index (κ2) is 5.63. The molecule has 2 aromatic rings. The average molecular weight is 299 g/mol. The Balaban J connectivity index is 2.14. The Hall–Kier alpha value is -1.87. The van der Waals surface area contributed by atoms with Crippen molar-refractivity contribution in [3.05, 3.63) is 12.1 Å². The molecule has 2 aromatic heterocycles. The number of nitrogens with two attached hydrogens (primary N) is 1. The molecular formula is C11H17N5O3S. The van der Waals surface area contributed by atoms with Crippen molar-refractivity contribution in [1.29, 1.82) is 0 Å². The molecule has 0 bridgehead atoms. The fraction of sp³-hybridized carbons (Fsp3) is 0.455. The number of sulfonamides is 1. The van der Waals surface area contributed by atoms with E-state index in [0.29, 0.717) is 42.5 Å². The van der Waals surface area contributed by atoms with Crippen molar-refractivity contribution in [2.75, 3.05) is 25.6 Å². The number of imidazole rings is 1. The molecule has 0 saturated heterocycles. The van der Waals surface area contributed by atoms with Gasteiger partial charge in [0.25, 0.3) is 0 Å².